The van der Waals surface area contributed by atoms with E-state index in [1.165, 1.54) is 0 Å². The number of rotatable bonds is 4. The van der Waals surface area contributed by atoms with Crippen molar-refractivity contribution in [1.29, 1.82) is 0 Å². The average Bonchev–Trinajstić information content (AvgIpc) is 2.52. The molecule has 6 heteroatoms. The normalized spacial score (nSPS) is 15.9. The summed E-state index contributed by atoms with van der Waals surface area (Å²) in [5.74, 6) is -0.394. The Hall–Kier alpha value is -1.98. The highest BCUT2D eigenvalue weighted by molar-refractivity contribution is 6.18. The third-order valence-electron chi connectivity index (χ3n) is 2.18. The largest absolute Gasteiger partial charge is 0.390 e. The number of nitrogens with zero attached hydrogens (tertiary/aromatic N) is 3. The fraction of sp³-hybridized carbons (Fsp3) is 0.400. The average molecular weight is 221 g/mol. The number of nitrogens with two attached hydrogens (primary N) is 2. The molecule has 0 aromatic carbocycles. The molecule has 16 heavy (non-hydrogen) atoms. The molecular weight excluding hydrogens is 206 g/mol. The van der Waals surface area contributed by atoms with Crippen molar-refractivity contribution in [2.75, 3.05) is 0 Å². The van der Waals surface area contributed by atoms with Gasteiger partial charge in [0.1, 0.15) is 5.70 Å². The summed E-state index contributed by atoms with van der Waals surface area (Å²) >= 11 is 0. The summed E-state index contributed by atoms with van der Waals surface area (Å²) in [6.45, 7) is 3.94. The lowest BCUT2D eigenvalue weighted by atomic mass is 10.2. The van der Waals surface area contributed by atoms with Crippen LogP contribution < -0.4 is 11.5 Å². The highest BCUT2D eigenvalue weighted by atomic mass is 16.1. The van der Waals surface area contributed by atoms with Crippen LogP contribution in [0.3, 0.4) is 0 Å². The highest BCUT2D eigenvalue weighted by Crippen LogP contribution is 2.17. The first-order valence-electron chi connectivity index (χ1n) is 5.07. The SMILES string of the molecule is CCC(CC)=NC1=C(N=CN)C(N)=NC1=O. The van der Waals surface area contributed by atoms with Crippen LogP contribution >= 0.6 is 0 Å². The molecule has 0 spiro atoms. The van der Waals surface area contributed by atoms with Crippen molar-refractivity contribution in [3.8, 4) is 0 Å². The van der Waals surface area contributed by atoms with Crippen LogP contribution in [-0.2, 0) is 4.79 Å². The van der Waals surface area contributed by atoms with Gasteiger partial charge in [-0.15, -0.1) is 0 Å². The fourth-order valence-corrected chi connectivity index (χ4v) is 1.31. The second kappa shape index (κ2) is 5.20. The second-order valence-corrected chi connectivity index (χ2v) is 3.16. The molecule has 6 nitrogen and oxygen atoms in total. The molecule has 1 aliphatic rings. The Kier molecular flexibility index (Phi) is 3.93. The molecule has 1 aliphatic heterocycles. The van der Waals surface area contributed by atoms with E-state index in [4.69, 9.17) is 11.5 Å². The van der Waals surface area contributed by atoms with Crippen LogP contribution in [0.25, 0.3) is 0 Å². The zero-order chi connectivity index (χ0) is 12.1. The Morgan fingerprint density at radius 2 is 2.00 bits per heavy atom. The van der Waals surface area contributed by atoms with Gasteiger partial charge >= 0.3 is 0 Å². The number of amidine groups is 1. The van der Waals surface area contributed by atoms with Crippen molar-refractivity contribution < 1.29 is 4.79 Å². The van der Waals surface area contributed by atoms with Gasteiger partial charge in [-0.2, -0.15) is 4.99 Å². The molecule has 1 rings (SSSR count). The Morgan fingerprint density at radius 3 is 2.50 bits per heavy atom. The zero-order valence-corrected chi connectivity index (χ0v) is 9.40. The van der Waals surface area contributed by atoms with E-state index in [9.17, 15) is 4.79 Å². The molecule has 1 heterocycles. The first-order chi connectivity index (χ1) is 7.63. The molecule has 0 aromatic rings. The predicted octanol–water partition coefficient (Wildman–Crippen LogP) is 0.343. The van der Waals surface area contributed by atoms with Crippen LogP contribution in [0.15, 0.2) is 26.4 Å². The fourth-order valence-electron chi connectivity index (χ4n) is 1.31. The molecule has 0 saturated carbocycles. The van der Waals surface area contributed by atoms with E-state index in [2.05, 4.69) is 15.0 Å². The number of hydrogen-bond donors (Lipinski definition) is 2. The number of hydrogen-bond acceptors (Lipinski definition) is 4. The van der Waals surface area contributed by atoms with E-state index in [0.717, 1.165) is 24.9 Å². The van der Waals surface area contributed by atoms with Crippen molar-refractivity contribution in [3.63, 3.8) is 0 Å². The maximum atomic E-state index is 11.5. The quantitative estimate of drug-likeness (QED) is 0.528. The Morgan fingerprint density at radius 1 is 1.38 bits per heavy atom. The lowest BCUT2D eigenvalue weighted by Gasteiger charge is -2.00. The van der Waals surface area contributed by atoms with E-state index in [0.29, 0.717) is 0 Å². The van der Waals surface area contributed by atoms with E-state index in [-0.39, 0.29) is 17.2 Å². The molecule has 0 fully saturated rings. The molecule has 0 unspecified atom stereocenters. The summed E-state index contributed by atoms with van der Waals surface area (Å²) < 4.78 is 0. The molecule has 0 bridgehead atoms. The number of amides is 1. The minimum Gasteiger partial charge on any atom is -0.390 e. The monoisotopic (exact) mass is 221 g/mol. The van der Waals surface area contributed by atoms with Gasteiger partial charge in [-0.3, -0.25) is 4.79 Å². The van der Waals surface area contributed by atoms with E-state index in [1.807, 2.05) is 13.8 Å². The molecule has 1 amide bonds. The molecule has 0 saturated heterocycles. The van der Waals surface area contributed by atoms with Gasteiger partial charge in [-0.1, -0.05) is 13.8 Å². The second-order valence-electron chi connectivity index (χ2n) is 3.16. The topological polar surface area (TPSA) is 106 Å². The van der Waals surface area contributed by atoms with Crippen LogP contribution in [0, 0.1) is 0 Å². The zero-order valence-electron chi connectivity index (χ0n) is 9.40. The predicted molar refractivity (Wildman–Crippen MR) is 64.4 cm³/mol. The molecular formula is C10H15N5O. The van der Waals surface area contributed by atoms with Crippen LogP contribution in [-0.4, -0.2) is 23.8 Å². The maximum absolute atomic E-state index is 11.5. The van der Waals surface area contributed by atoms with Crippen LogP contribution in [0.5, 0.6) is 0 Å². The third-order valence-corrected chi connectivity index (χ3v) is 2.18. The summed E-state index contributed by atoms with van der Waals surface area (Å²) in [5, 5.41) is 0. The van der Waals surface area contributed by atoms with Gasteiger partial charge < -0.3 is 11.5 Å². The lowest BCUT2D eigenvalue weighted by Crippen LogP contribution is -2.12. The number of carbonyl (C=O) groups excluding carboxylic acids is 1. The summed E-state index contributed by atoms with van der Waals surface area (Å²) in [6, 6.07) is 0. The summed E-state index contributed by atoms with van der Waals surface area (Å²) in [6.07, 6.45) is 2.61. The van der Waals surface area contributed by atoms with E-state index < -0.39 is 5.91 Å². The van der Waals surface area contributed by atoms with Gasteiger partial charge in [0.2, 0.25) is 0 Å². The van der Waals surface area contributed by atoms with Crippen molar-refractivity contribution in [3.05, 3.63) is 11.4 Å². The van der Waals surface area contributed by atoms with Gasteiger partial charge in [0.25, 0.3) is 5.91 Å². The minimum absolute atomic E-state index is 0.0667. The highest BCUT2D eigenvalue weighted by Gasteiger charge is 2.24. The van der Waals surface area contributed by atoms with E-state index >= 15 is 0 Å². The van der Waals surface area contributed by atoms with Crippen molar-refractivity contribution in [2.24, 2.45) is 26.4 Å². The molecule has 4 N–H and O–H groups in total. The van der Waals surface area contributed by atoms with Gasteiger partial charge in [-0.25, -0.2) is 9.98 Å². The van der Waals surface area contributed by atoms with Crippen molar-refractivity contribution >= 4 is 23.8 Å². The summed E-state index contributed by atoms with van der Waals surface area (Å²) in [7, 11) is 0. The first kappa shape index (κ1) is 12.1. The Bertz CT molecular complexity index is 411. The van der Waals surface area contributed by atoms with E-state index in [1.54, 1.807) is 0 Å². The Balaban J connectivity index is 3.18. The van der Waals surface area contributed by atoms with Crippen LogP contribution in [0.1, 0.15) is 26.7 Å². The van der Waals surface area contributed by atoms with Gasteiger partial charge in [-0.05, 0) is 12.8 Å². The molecule has 0 aliphatic carbocycles. The number of aliphatic imine (C=N–C) groups is 3. The third kappa shape index (κ3) is 2.33. The molecule has 0 radical (unpaired) electrons. The van der Waals surface area contributed by atoms with Gasteiger partial charge in [0.05, 0.1) is 6.34 Å². The standard InChI is InChI=1S/C10H15N5O/c1-3-6(4-2)14-8-7(13-5-11)9(12)15-10(8)16/h5H,3-4H2,1-2H3,(H4,11,12,13,15,16). The lowest BCUT2D eigenvalue weighted by molar-refractivity contribution is -0.114. The first-order valence-corrected chi connectivity index (χ1v) is 5.07. The summed E-state index contributed by atoms with van der Waals surface area (Å²) in [4.78, 5) is 23.1. The molecule has 0 atom stereocenters. The van der Waals surface area contributed by atoms with Crippen LogP contribution in [0.4, 0.5) is 0 Å². The van der Waals surface area contributed by atoms with Gasteiger partial charge in [0, 0.05) is 5.71 Å². The minimum atomic E-state index is -0.461. The van der Waals surface area contributed by atoms with Gasteiger partial charge in [0.15, 0.2) is 11.5 Å². The smallest absolute Gasteiger partial charge is 0.299 e. The summed E-state index contributed by atoms with van der Waals surface area (Å²) in [5.41, 5.74) is 12.1. The maximum Gasteiger partial charge on any atom is 0.299 e. The Labute approximate surface area is 93.9 Å². The van der Waals surface area contributed by atoms with Crippen molar-refractivity contribution in [2.45, 2.75) is 26.7 Å². The van der Waals surface area contributed by atoms with Crippen LogP contribution in [0.2, 0.25) is 0 Å². The molecule has 86 valence electrons. The van der Waals surface area contributed by atoms with Crippen molar-refractivity contribution in [1.82, 2.24) is 0 Å². The number of carbonyl (C=O) groups is 1. The molecule has 0 aromatic heterocycles.